The molecule has 0 radical (unpaired) electrons. The molecule has 17 heavy (non-hydrogen) atoms. The number of anilines is 1. The summed E-state index contributed by atoms with van der Waals surface area (Å²) in [5, 5.41) is 12.5. The lowest BCUT2D eigenvalue weighted by molar-refractivity contribution is 0.183. The molecular formula is C12H14ClN3O. The summed E-state index contributed by atoms with van der Waals surface area (Å²) in [7, 11) is 0. The smallest absolute Gasteiger partial charge is 0.132 e. The lowest BCUT2D eigenvalue weighted by atomic mass is 10.0. The third kappa shape index (κ3) is 3.09. The number of halogens is 1. The van der Waals surface area contributed by atoms with Crippen LogP contribution >= 0.6 is 11.6 Å². The molecule has 0 aromatic carbocycles. The number of rotatable bonds is 3. The van der Waals surface area contributed by atoms with Gasteiger partial charge in [0.1, 0.15) is 11.0 Å². The maximum absolute atomic E-state index is 8.85. The van der Waals surface area contributed by atoms with Crippen LogP contribution in [-0.4, -0.2) is 24.2 Å². The lowest BCUT2D eigenvalue weighted by Gasteiger charge is -2.19. The van der Waals surface area contributed by atoms with Crippen molar-refractivity contribution in [1.82, 2.24) is 4.98 Å². The zero-order valence-electron chi connectivity index (χ0n) is 9.61. The van der Waals surface area contributed by atoms with Crippen LogP contribution in [0.2, 0.25) is 5.15 Å². The van der Waals surface area contributed by atoms with E-state index < -0.39 is 0 Å². The minimum atomic E-state index is 0.259. The first kappa shape index (κ1) is 12.2. The zero-order chi connectivity index (χ0) is 12.3. The normalized spacial score (nSPS) is 20.9. The van der Waals surface area contributed by atoms with Crippen LogP contribution in [0.25, 0.3) is 0 Å². The fraction of sp³-hybridized carbons (Fsp3) is 0.500. The second-order valence-corrected chi connectivity index (χ2v) is 4.62. The van der Waals surface area contributed by atoms with Gasteiger partial charge in [-0.1, -0.05) is 11.6 Å². The van der Waals surface area contributed by atoms with E-state index in [1.54, 1.807) is 12.1 Å². The van der Waals surface area contributed by atoms with Crippen LogP contribution in [0.4, 0.5) is 5.82 Å². The van der Waals surface area contributed by atoms with Gasteiger partial charge in [0.15, 0.2) is 0 Å². The van der Waals surface area contributed by atoms with E-state index in [0.717, 1.165) is 19.6 Å². The van der Waals surface area contributed by atoms with Gasteiger partial charge in [-0.2, -0.15) is 5.26 Å². The predicted octanol–water partition coefficient (Wildman–Crippen LogP) is 2.44. The van der Waals surface area contributed by atoms with Gasteiger partial charge in [-0.05, 0) is 25.5 Å². The SMILES string of the molecule is CC(Nc1cc(C#N)cc(Cl)n1)C1CCOC1. The molecule has 4 nitrogen and oxygen atoms in total. The highest BCUT2D eigenvalue weighted by Gasteiger charge is 2.22. The Morgan fingerprint density at radius 1 is 1.65 bits per heavy atom. The summed E-state index contributed by atoms with van der Waals surface area (Å²) in [6.07, 6.45) is 1.06. The highest BCUT2D eigenvalue weighted by molar-refractivity contribution is 6.29. The van der Waals surface area contributed by atoms with E-state index in [1.165, 1.54) is 0 Å². The van der Waals surface area contributed by atoms with Crippen molar-refractivity contribution in [2.45, 2.75) is 19.4 Å². The Labute approximate surface area is 106 Å². The quantitative estimate of drug-likeness (QED) is 0.839. The predicted molar refractivity (Wildman–Crippen MR) is 66.0 cm³/mol. The number of aromatic nitrogens is 1. The Balaban J connectivity index is 2.07. The fourth-order valence-electron chi connectivity index (χ4n) is 1.93. The lowest BCUT2D eigenvalue weighted by Crippen LogP contribution is -2.26. The maximum atomic E-state index is 8.85. The summed E-state index contributed by atoms with van der Waals surface area (Å²) in [5.74, 6) is 1.13. The summed E-state index contributed by atoms with van der Waals surface area (Å²) >= 11 is 5.84. The number of nitrogens with one attached hydrogen (secondary N) is 1. The van der Waals surface area contributed by atoms with Crippen LogP contribution in [0, 0.1) is 17.2 Å². The van der Waals surface area contributed by atoms with E-state index in [2.05, 4.69) is 23.3 Å². The number of hydrogen-bond donors (Lipinski definition) is 1. The van der Waals surface area contributed by atoms with Gasteiger partial charge in [0, 0.05) is 18.6 Å². The third-order valence-electron chi connectivity index (χ3n) is 2.97. The Morgan fingerprint density at radius 2 is 2.47 bits per heavy atom. The molecule has 1 aliphatic heterocycles. The molecule has 1 saturated heterocycles. The Morgan fingerprint density at radius 3 is 3.12 bits per heavy atom. The van der Waals surface area contributed by atoms with Crippen LogP contribution in [0.5, 0.6) is 0 Å². The van der Waals surface area contributed by atoms with Crippen molar-refractivity contribution in [3.8, 4) is 6.07 Å². The fourth-order valence-corrected chi connectivity index (χ4v) is 2.14. The summed E-state index contributed by atoms with van der Waals surface area (Å²) < 4.78 is 5.35. The minimum Gasteiger partial charge on any atom is -0.381 e. The van der Waals surface area contributed by atoms with Crippen molar-refractivity contribution >= 4 is 17.4 Å². The maximum Gasteiger partial charge on any atom is 0.132 e. The van der Waals surface area contributed by atoms with Crippen molar-refractivity contribution in [2.75, 3.05) is 18.5 Å². The molecule has 1 fully saturated rings. The highest BCUT2D eigenvalue weighted by Crippen LogP contribution is 2.21. The van der Waals surface area contributed by atoms with Gasteiger partial charge in [0.05, 0.1) is 18.2 Å². The number of pyridine rings is 1. The summed E-state index contributed by atoms with van der Waals surface area (Å²) in [5.41, 5.74) is 0.516. The van der Waals surface area contributed by atoms with Crippen molar-refractivity contribution in [1.29, 1.82) is 5.26 Å². The molecule has 5 heteroatoms. The van der Waals surface area contributed by atoms with Crippen LogP contribution in [-0.2, 0) is 4.74 Å². The molecule has 1 aliphatic rings. The van der Waals surface area contributed by atoms with Crippen molar-refractivity contribution < 1.29 is 4.74 Å². The Kier molecular flexibility index (Phi) is 3.82. The van der Waals surface area contributed by atoms with E-state index in [1.807, 2.05) is 0 Å². The van der Waals surface area contributed by atoms with Crippen LogP contribution in [0.1, 0.15) is 18.9 Å². The average molecular weight is 252 g/mol. The second kappa shape index (κ2) is 5.35. The van der Waals surface area contributed by atoms with Crippen molar-refractivity contribution in [3.63, 3.8) is 0 Å². The standard InChI is InChI=1S/C12H14ClN3O/c1-8(10-2-3-17-7-10)15-12-5-9(6-14)4-11(13)16-12/h4-5,8,10H,2-3,7H2,1H3,(H,15,16). The molecule has 0 aliphatic carbocycles. The zero-order valence-corrected chi connectivity index (χ0v) is 10.4. The molecule has 0 saturated carbocycles. The summed E-state index contributed by atoms with van der Waals surface area (Å²) in [6, 6.07) is 5.58. The van der Waals surface area contributed by atoms with Crippen LogP contribution in [0.15, 0.2) is 12.1 Å². The monoisotopic (exact) mass is 251 g/mol. The number of nitriles is 1. The van der Waals surface area contributed by atoms with Gasteiger partial charge in [0.2, 0.25) is 0 Å². The molecule has 2 atom stereocenters. The Bertz CT molecular complexity index is 438. The summed E-state index contributed by atoms with van der Waals surface area (Å²) in [6.45, 7) is 3.69. The molecule has 2 rings (SSSR count). The van der Waals surface area contributed by atoms with Crippen LogP contribution < -0.4 is 5.32 Å². The Hall–Kier alpha value is -1.31. The largest absolute Gasteiger partial charge is 0.381 e. The van der Waals surface area contributed by atoms with Crippen LogP contribution in [0.3, 0.4) is 0 Å². The highest BCUT2D eigenvalue weighted by atomic mass is 35.5. The van der Waals surface area contributed by atoms with Gasteiger partial charge >= 0.3 is 0 Å². The second-order valence-electron chi connectivity index (χ2n) is 4.23. The van der Waals surface area contributed by atoms with E-state index >= 15 is 0 Å². The third-order valence-corrected chi connectivity index (χ3v) is 3.16. The molecule has 1 aromatic rings. The topological polar surface area (TPSA) is 57.9 Å². The molecule has 0 bridgehead atoms. The molecule has 0 spiro atoms. The molecule has 90 valence electrons. The molecule has 2 unspecified atom stereocenters. The number of nitrogens with zero attached hydrogens (tertiary/aromatic N) is 2. The van der Waals surface area contributed by atoms with E-state index in [9.17, 15) is 0 Å². The van der Waals surface area contributed by atoms with Gasteiger partial charge < -0.3 is 10.1 Å². The molecule has 0 amide bonds. The summed E-state index contributed by atoms with van der Waals surface area (Å²) in [4.78, 5) is 4.16. The average Bonchev–Trinajstić information content (AvgIpc) is 2.81. The van der Waals surface area contributed by atoms with E-state index in [4.69, 9.17) is 21.6 Å². The number of hydrogen-bond acceptors (Lipinski definition) is 4. The first-order valence-electron chi connectivity index (χ1n) is 5.61. The molecule has 1 aromatic heterocycles. The van der Waals surface area contributed by atoms with Gasteiger partial charge in [-0.25, -0.2) is 4.98 Å². The van der Waals surface area contributed by atoms with Gasteiger partial charge in [-0.15, -0.1) is 0 Å². The molecular weight excluding hydrogens is 238 g/mol. The molecule has 1 N–H and O–H groups in total. The van der Waals surface area contributed by atoms with Crippen molar-refractivity contribution in [2.24, 2.45) is 5.92 Å². The van der Waals surface area contributed by atoms with Gasteiger partial charge in [-0.3, -0.25) is 0 Å². The van der Waals surface area contributed by atoms with E-state index in [-0.39, 0.29) is 6.04 Å². The first-order chi connectivity index (χ1) is 8.19. The molecule has 2 heterocycles. The number of ether oxygens (including phenoxy) is 1. The van der Waals surface area contributed by atoms with E-state index in [0.29, 0.717) is 22.5 Å². The minimum absolute atomic E-state index is 0.259. The van der Waals surface area contributed by atoms with Gasteiger partial charge in [0.25, 0.3) is 0 Å². The van der Waals surface area contributed by atoms with Crippen molar-refractivity contribution in [3.05, 3.63) is 22.8 Å². The first-order valence-corrected chi connectivity index (χ1v) is 5.99.